The van der Waals surface area contributed by atoms with Gasteiger partial charge in [0.2, 0.25) is 11.8 Å². The third-order valence-corrected chi connectivity index (χ3v) is 5.29. The van der Waals surface area contributed by atoms with E-state index in [0.29, 0.717) is 12.1 Å². The van der Waals surface area contributed by atoms with Crippen LogP contribution in [0.5, 0.6) is 0 Å². The first-order valence-corrected chi connectivity index (χ1v) is 9.09. The molecule has 26 heavy (non-hydrogen) atoms. The molecule has 6 nitrogen and oxygen atoms in total. The summed E-state index contributed by atoms with van der Waals surface area (Å²) in [4.78, 5) is 36.8. The summed E-state index contributed by atoms with van der Waals surface area (Å²) in [6.45, 7) is 0.350. The number of carbonyl (C=O) groups excluding carboxylic acids is 3. The van der Waals surface area contributed by atoms with Crippen molar-refractivity contribution in [3.05, 3.63) is 59.7 Å². The van der Waals surface area contributed by atoms with Gasteiger partial charge in [-0.05, 0) is 29.8 Å². The van der Waals surface area contributed by atoms with Crippen molar-refractivity contribution < 1.29 is 14.4 Å². The van der Waals surface area contributed by atoms with E-state index in [2.05, 4.69) is 16.0 Å². The fourth-order valence-electron chi connectivity index (χ4n) is 2.59. The SMILES string of the molecule is CNC(=O)c1ccc(CNC(=O)CC2Sc3ccccc3NC2=O)cc1. The van der Waals surface area contributed by atoms with E-state index in [9.17, 15) is 14.4 Å². The van der Waals surface area contributed by atoms with E-state index >= 15 is 0 Å². The molecule has 3 rings (SSSR count). The fraction of sp³-hybridized carbons (Fsp3) is 0.211. The molecule has 1 heterocycles. The molecule has 0 fully saturated rings. The zero-order valence-electron chi connectivity index (χ0n) is 14.2. The predicted octanol–water partition coefficient (Wildman–Crippen LogP) is 2.17. The lowest BCUT2D eigenvalue weighted by molar-refractivity contribution is -0.124. The number of benzene rings is 2. The van der Waals surface area contributed by atoms with Crippen LogP contribution in [0.1, 0.15) is 22.3 Å². The maximum atomic E-state index is 12.2. The molecular weight excluding hydrogens is 350 g/mol. The Morgan fingerprint density at radius 3 is 2.58 bits per heavy atom. The molecular formula is C19H19N3O3S. The lowest BCUT2D eigenvalue weighted by Crippen LogP contribution is -2.34. The van der Waals surface area contributed by atoms with E-state index in [1.165, 1.54) is 11.8 Å². The molecule has 1 unspecified atom stereocenters. The zero-order valence-corrected chi connectivity index (χ0v) is 15.1. The number of anilines is 1. The van der Waals surface area contributed by atoms with Crippen LogP contribution < -0.4 is 16.0 Å². The average molecular weight is 369 g/mol. The second-order valence-corrected chi connectivity index (χ2v) is 7.09. The molecule has 0 saturated heterocycles. The molecule has 0 radical (unpaired) electrons. The van der Waals surface area contributed by atoms with E-state index in [0.717, 1.165) is 16.1 Å². The van der Waals surface area contributed by atoms with E-state index < -0.39 is 5.25 Å². The Labute approximate surface area is 155 Å². The highest BCUT2D eigenvalue weighted by Gasteiger charge is 2.28. The van der Waals surface area contributed by atoms with Crippen molar-refractivity contribution in [2.75, 3.05) is 12.4 Å². The van der Waals surface area contributed by atoms with Gasteiger partial charge >= 0.3 is 0 Å². The van der Waals surface area contributed by atoms with Crippen LogP contribution in [0.2, 0.25) is 0 Å². The Hall–Kier alpha value is -2.80. The van der Waals surface area contributed by atoms with Crippen LogP contribution in [0.4, 0.5) is 5.69 Å². The topological polar surface area (TPSA) is 87.3 Å². The number of carbonyl (C=O) groups is 3. The van der Waals surface area contributed by atoms with Gasteiger partial charge in [0.25, 0.3) is 5.91 Å². The summed E-state index contributed by atoms with van der Waals surface area (Å²) < 4.78 is 0. The lowest BCUT2D eigenvalue weighted by atomic mass is 10.1. The van der Waals surface area contributed by atoms with Gasteiger partial charge in [-0.15, -0.1) is 11.8 Å². The van der Waals surface area contributed by atoms with Gasteiger partial charge in [-0.2, -0.15) is 0 Å². The van der Waals surface area contributed by atoms with Gasteiger partial charge in [0.15, 0.2) is 0 Å². The van der Waals surface area contributed by atoms with Crippen LogP contribution >= 0.6 is 11.8 Å². The molecule has 1 atom stereocenters. The average Bonchev–Trinajstić information content (AvgIpc) is 2.66. The van der Waals surface area contributed by atoms with Crippen molar-refractivity contribution in [3.8, 4) is 0 Å². The number of amides is 3. The van der Waals surface area contributed by atoms with Gasteiger partial charge in [0.05, 0.1) is 10.9 Å². The summed E-state index contributed by atoms with van der Waals surface area (Å²) in [6.07, 6.45) is 0.112. The highest BCUT2D eigenvalue weighted by atomic mass is 32.2. The van der Waals surface area contributed by atoms with Crippen molar-refractivity contribution >= 4 is 35.2 Å². The number of fused-ring (bicyclic) bond motifs is 1. The molecule has 2 aromatic carbocycles. The summed E-state index contributed by atoms with van der Waals surface area (Å²) in [5, 5.41) is 7.77. The van der Waals surface area contributed by atoms with Crippen LogP contribution in [0.15, 0.2) is 53.4 Å². The Bertz CT molecular complexity index is 836. The quantitative estimate of drug-likeness (QED) is 0.754. The Kier molecular flexibility index (Phi) is 5.58. The molecule has 3 amide bonds. The van der Waals surface area contributed by atoms with Crippen LogP contribution in [0.3, 0.4) is 0 Å². The Morgan fingerprint density at radius 2 is 1.85 bits per heavy atom. The molecule has 1 aliphatic rings. The smallest absolute Gasteiger partial charge is 0.251 e. The summed E-state index contributed by atoms with van der Waals surface area (Å²) >= 11 is 1.41. The summed E-state index contributed by atoms with van der Waals surface area (Å²) in [5.41, 5.74) is 2.24. The summed E-state index contributed by atoms with van der Waals surface area (Å²) in [6, 6.07) is 14.6. The minimum atomic E-state index is -0.444. The maximum Gasteiger partial charge on any atom is 0.251 e. The normalized spacial score (nSPS) is 15.6. The third-order valence-electron chi connectivity index (χ3n) is 4.01. The number of rotatable bonds is 5. The van der Waals surface area contributed by atoms with Crippen LogP contribution in [0, 0.1) is 0 Å². The van der Waals surface area contributed by atoms with E-state index in [-0.39, 0.29) is 24.1 Å². The number of para-hydroxylation sites is 1. The zero-order chi connectivity index (χ0) is 18.5. The number of hydrogen-bond donors (Lipinski definition) is 3. The standard InChI is InChI=1S/C19H19N3O3S/c1-20-18(24)13-8-6-12(7-9-13)11-21-17(23)10-16-19(25)22-14-4-2-3-5-15(14)26-16/h2-9,16H,10-11H2,1H3,(H,20,24)(H,21,23)(H,22,25). The molecule has 0 aliphatic carbocycles. The molecule has 2 aromatic rings. The molecule has 0 saturated carbocycles. The number of nitrogens with one attached hydrogen (secondary N) is 3. The second-order valence-electron chi connectivity index (χ2n) is 5.85. The minimum absolute atomic E-state index is 0.112. The van der Waals surface area contributed by atoms with E-state index in [4.69, 9.17) is 0 Å². The first kappa shape index (κ1) is 18.0. The van der Waals surface area contributed by atoms with Crippen LogP contribution in [-0.4, -0.2) is 30.0 Å². The largest absolute Gasteiger partial charge is 0.355 e. The fourth-order valence-corrected chi connectivity index (χ4v) is 3.70. The van der Waals surface area contributed by atoms with Crippen LogP contribution in [-0.2, 0) is 16.1 Å². The maximum absolute atomic E-state index is 12.2. The van der Waals surface area contributed by atoms with Crippen molar-refractivity contribution in [2.24, 2.45) is 0 Å². The highest BCUT2D eigenvalue weighted by molar-refractivity contribution is 8.01. The molecule has 1 aliphatic heterocycles. The predicted molar refractivity (Wildman–Crippen MR) is 101 cm³/mol. The molecule has 7 heteroatoms. The minimum Gasteiger partial charge on any atom is -0.355 e. The van der Waals surface area contributed by atoms with Crippen molar-refractivity contribution in [2.45, 2.75) is 23.1 Å². The molecule has 0 spiro atoms. The van der Waals surface area contributed by atoms with Gasteiger partial charge in [0.1, 0.15) is 0 Å². The first-order chi connectivity index (χ1) is 12.6. The molecule has 3 N–H and O–H groups in total. The second kappa shape index (κ2) is 8.05. The number of hydrogen-bond acceptors (Lipinski definition) is 4. The van der Waals surface area contributed by atoms with Gasteiger partial charge in [-0.1, -0.05) is 24.3 Å². The highest BCUT2D eigenvalue weighted by Crippen LogP contribution is 2.36. The molecule has 0 bridgehead atoms. The van der Waals surface area contributed by atoms with Gasteiger partial charge in [-0.3, -0.25) is 14.4 Å². The van der Waals surface area contributed by atoms with Crippen molar-refractivity contribution in [1.29, 1.82) is 0 Å². The van der Waals surface area contributed by atoms with Gasteiger partial charge < -0.3 is 16.0 Å². The Balaban J connectivity index is 1.53. The first-order valence-electron chi connectivity index (χ1n) is 8.21. The van der Waals surface area contributed by atoms with Crippen molar-refractivity contribution in [1.82, 2.24) is 10.6 Å². The molecule has 0 aromatic heterocycles. The van der Waals surface area contributed by atoms with E-state index in [1.807, 2.05) is 24.3 Å². The summed E-state index contributed by atoms with van der Waals surface area (Å²) in [5.74, 6) is -0.493. The monoisotopic (exact) mass is 369 g/mol. The van der Waals surface area contributed by atoms with Crippen LogP contribution in [0.25, 0.3) is 0 Å². The lowest BCUT2D eigenvalue weighted by Gasteiger charge is -2.23. The third kappa shape index (κ3) is 4.23. The molecule has 134 valence electrons. The number of thioether (sulfide) groups is 1. The van der Waals surface area contributed by atoms with Crippen molar-refractivity contribution in [3.63, 3.8) is 0 Å². The summed E-state index contributed by atoms with van der Waals surface area (Å²) in [7, 11) is 1.58. The Morgan fingerprint density at radius 1 is 1.12 bits per heavy atom. The van der Waals surface area contributed by atoms with Gasteiger partial charge in [0, 0.05) is 30.5 Å². The van der Waals surface area contributed by atoms with Gasteiger partial charge in [-0.25, -0.2) is 0 Å². The van der Waals surface area contributed by atoms with E-state index in [1.54, 1.807) is 31.3 Å².